The molecule has 0 amide bonds. The van der Waals surface area contributed by atoms with Crippen molar-refractivity contribution >= 4 is 22.7 Å². The normalized spacial score (nSPS) is 15.3. The van der Waals surface area contributed by atoms with Crippen molar-refractivity contribution in [2.75, 3.05) is 25.0 Å². The predicted molar refractivity (Wildman–Crippen MR) is 114 cm³/mol. The van der Waals surface area contributed by atoms with Gasteiger partial charge >= 0.3 is 5.97 Å². The third-order valence-corrected chi connectivity index (χ3v) is 5.24. The molecule has 150 valence electrons. The van der Waals surface area contributed by atoms with E-state index in [-0.39, 0.29) is 5.82 Å². The number of ether oxygens (including phenoxy) is 1. The van der Waals surface area contributed by atoms with Crippen LogP contribution in [0.4, 0.5) is 5.82 Å². The van der Waals surface area contributed by atoms with E-state index in [1.165, 1.54) is 5.56 Å². The van der Waals surface area contributed by atoms with Gasteiger partial charge in [0.1, 0.15) is 5.82 Å². The smallest absolute Gasteiger partial charge is 0.376 e. The van der Waals surface area contributed by atoms with Crippen molar-refractivity contribution in [2.45, 2.75) is 32.4 Å². The number of para-hydroxylation sites is 1. The molecule has 1 N–H and O–H groups in total. The Bertz CT molecular complexity index is 969. The number of nitrogens with one attached hydrogen (secondary N) is 1. The SMILES string of the molecule is CCOC(=O)c1nc(NC2CCN(Cc3ccccc3)CC2)c2ccccc2n1. The lowest BCUT2D eigenvalue weighted by molar-refractivity contribution is 0.0512. The van der Waals surface area contributed by atoms with Crippen LogP contribution in [0.3, 0.4) is 0 Å². The lowest BCUT2D eigenvalue weighted by Crippen LogP contribution is -2.38. The molecule has 3 aromatic rings. The highest BCUT2D eigenvalue weighted by Gasteiger charge is 2.21. The molecule has 0 saturated carbocycles. The van der Waals surface area contributed by atoms with E-state index < -0.39 is 5.97 Å². The van der Waals surface area contributed by atoms with Crippen molar-refractivity contribution in [1.82, 2.24) is 14.9 Å². The highest BCUT2D eigenvalue weighted by molar-refractivity contribution is 5.94. The van der Waals surface area contributed by atoms with Crippen molar-refractivity contribution < 1.29 is 9.53 Å². The maximum Gasteiger partial charge on any atom is 0.376 e. The van der Waals surface area contributed by atoms with Gasteiger partial charge in [-0.2, -0.15) is 0 Å². The summed E-state index contributed by atoms with van der Waals surface area (Å²) in [6.07, 6.45) is 2.06. The average Bonchev–Trinajstić information content (AvgIpc) is 2.76. The zero-order chi connectivity index (χ0) is 20.1. The largest absolute Gasteiger partial charge is 0.460 e. The van der Waals surface area contributed by atoms with Gasteiger partial charge in [-0.15, -0.1) is 0 Å². The second kappa shape index (κ2) is 9.01. The van der Waals surface area contributed by atoms with E-state index in [0.717, 1.165) is 43.4 Å². The Morgan fingerprint density at radius 3 is 2.55 bits per heavy atom. The highest BCUT2D eigenvalue weighted by atomic mass is 16.5. The monoisotopic (exact) mass is 390 g/mol. The van der Waals surface area contributed by atoms with Crippen molar-refractivity contribution in [3.8, 4) is 0 Å². The van der Waals surface area contributed by atoms with E-state index in [9.17, 15) is 4.79 Å². The molecule has 29 heavy (non-hydrogen) atoms. The molecule has 1 aliphatic rings. The molecule has 0 radical (unpaired) electrons. The lowest BCUT2D eigenvalue weighted by Gasteiger charge is -2.32. The minimum atomic E-state index is -0.487. The van der Waals surface area contributed by atoms with Crippen LogP contribution in [-0.4, -0.2) is 46.6 Å². The fourth-order valence-corrected chi connectivity index (χ4v) is 3.74. The number of hydrogen-bond acceptors (Lipinski definition) is 6. The van der Waals surface area contributed by atoms with E-state index in [2.05, 4.69) is 50.5 Å². The minimum absolute atomic E-state index is 0.106. The van der Waals surface area contributed by atoms with Crippen LogP contribution in [0.1, 0.15) is 35.9 Å². The van der Waals surface area contributed by atoms with E-state index in [1.54, 1.807) is 6.92 Å². The van der Waals surface area contributed by atoms with Gasteiger partial charge in [-0.1, -0.05) is 42.5 Å². The molecule has 1 saturated heterocycles. The summed E-state index contributed by atoms with van der Waals surface area (Å²) in [6.45, 7) is 5.12. The summed E-state index contributed by atoms with van der Waals surface area (Å²) in [6, 6.07) is 18.6. The quantitative estimate of drug-likeness (QED) is 0.644. The summed E-state index contributed by atoms with van der Waals surface area (Å²) < 4.78 is 5.09. The second-order valence-electron chi connectivity index (χ2n) is 7.31. The molecule has 1 aromatic heterocycles. The molecule has 6 heteroatoms. The standard InChI is InChI=1S/C23H26N4O2/c1-2-29-23(28)22-25-20-11-7-6-10-19(20)21(26-22)24-18-12-14-27(15-13-18)16-17-8-4-3-5-9-17/h3-11,18H,2,12-16H2,1H3,(H,24,25,26). The predicted octanol–water partition coefficient (Wildman–Crippen LogP) is 3.88. The summed E-state index contributed by atoms with van der Waals surface area (Å²) in [5.41, 5.74) is 2.09. The van der Waals surface area contributed by atoms with Gasteiger partial charge in [-0.3, -0.25) is 4.90 Å². The number of nitrogens with zero attached hydrogens (tertiary/aromatic N) is 3. The van der Waals surface area contributed by atoms with Crippen molar-refractivity contribution in [2.24, 2.45) is 0 Å². The molecular weight excluding hydrogens is 364 g/mol. The Hall–Kier alpha value is -2.99. The number of esters is 1. The van der Waals surface area contributed by atoms with Gasteiger partial charge in [-0.05, 0) is 37.5 Å². The lowest BCUT2D eigenvalue weighted by atomic mass is 10.0. The molecule has 2 heterocycles. The molecule has 1 aliphatic heterocycles. The molecule has 0 aliphatic carbocycles. The molecule has 2 aromatic carbocycles. The summed E-state index contributed by atoms with van der Waals surface area (Å²) in [4.78, 5) is 23.5. The fraction of sp³-hybridized carbons (Fsp3) is 0.348. The first-order valence-electron chi connectivity index (χ1n) is 10.2. The van der Waals surface area contributed by atoms with Crippen LogP contribution < -0.4 is 5.32 Å². The number of aromatic nitrogens is 2. The second-order valence-corrected chi connectivity index (χ2v) is 7.31. The number of anilines is 1. The van der Waals surface area contributed by atoms with Crippen LogP contribution in [0, 0.1) is 0 Å². The molecule has 1 fully saturated rings. The van der Waals surface area contributed by atoms with Crippen LogP contribution >= 0.6 is 0 Å². The fourth-order valence-electron chi connectivity index (χ4n) is 3.74. The molecule has 0 spiro atoms. The minimum Gasteiger partial charge on any atom is -0.460 e. The van der Waals surface area contributed by atoms with E-state index >= 15 is 0 Å². The van der Waals surface area contributed by atoms with Crippen LogP contribution in [0.5, 0.6) is 0 Å². The van der Waals surface area contributed by atoms with Crippen molar-refractivity contribution in [1.29, 1.82) is 0 Å². The summed E-state index contributed by atoms with van der Waals surface area (Å²) in [7, 11) is 0. The summed E-state index contributed by atoms with van der Waals surface area (Å²) in [5.74, 6) is 0.328. The van der Waals surface area contributed by atoms with Gasteiger partial charge in [0, 0.05) is 31.1 Å². The van der Waals surface area contributed by atoms with Gasteiger partial charge in [0.2, 0.25) is 5.82 Å². The van der Waals surface area contributed by atoms with Gasteiger partial charge in [0.15, 0.2) is 0 Å². The van der Waals surface area contributed by atoms with Gasteiger partial charge in [0.25, 0.3) is 0 Å². The molecular formula is C23H26N4O2. The number of carbonyl (C=O) groups excluding carboxylic acids is 1. The van der Waals surface area contributed by atoms with Crippen LogP contribution in [0.15, 0.2) is 54.6 Å². The zero-order valence-corrected chi connectivity index (χ0v) is 16.7. The first-order chi connectivity index (χ1) is 14.2. The van der Waals surface area contributed by atoms with E-state index in [1.807, 2.05) is 24.3 Å². The maximum atomic E-state index is 12.2. The first-order valence-corrected chi connectivity index (χ1v) is 10.2. The molecule has 0 atom stereocenters. The number of carbonyl (C=O) groups is 1. The third kappa shape index (κ3) is 4.71. The van der Waals surface area contributed by atoms with Crippen LogP contribution in [-0.2, 0) is 11.3 Å². The summed E-state index contributed by atoms with van der Waals surface area (Å²) >= 11 is 0. The Labute approximate surface area is 170 Å². The van der Waals surface area contributed by atoms with Gasteiger partial charge < -0.3 is 10.1 Å². The van der Waals surface area contributed by atoms with Gasteiger partial charge in [-0.25, -0.2) is 14.8 Å². The van der Waals surface area contributed by atoms with E-state index in [0.29, 0.717) is 18.5 Å². The molecule has 0 bridgehead atoms. The Morgan fingerprint density at radius 2 is 1.79 bits per heavy atom. The molecule has 4 rings (SSSR count). The molecule has 6 nitrogen and oxygen atoms in total. The van der Waals surface area contributed by atoms with Crippen LogP contribution in [0.25, 0.3) is 10.9 Å². The maximum absolute atomic E-state index is 12.2. The van der Waals surface area contributed by atoms with E-state index in [4.69, 9.17) is 4.74 Å². The number of rotatable bonds is 6. The Balaban J connectivity index is 1.46. The topological polar surface area (TPSA) is 67.3 Å². The number of likely N-dealkylation sites (tertiary alicyclic amines) is 1. The third-order valence-electron chi connectivity index (χ3n) is 5.24. The van der Waals surface area contributed by atoms with Crippen molar-refractivity contribution in [3.63, 3.8) is 0 Å². The highest BCUT2D eigenvalue weighted by Crippen LogP contribution is 2.24. The Kier molecular flexibility index (Phi) is 6.00. The average molecular weight is 390 g/mol. The summed E-state index contributed by atoms with van der Waals surface area (Å²) in [5, 5.41) is 4.48. The molecule has 0 unspecified atom stereocenters. The van der Waals surface area contributed by atoms with Gasteiger partial charge in [0.05, 0.1) is 12.1 Å². The zero-order valence-electron chi connectivity index (χ0n) is 16.7. The number of fused-ring (bicyclic) bond motifs is 1. The number of hydrogen-bond donors (Lipinski definition) is 1. The number of benzene rings is 2. The first kappa shape index (κ1) is 19.3. The Morgan fingerprint density at radius 1 is 1.07 bits per heavy atom. The van der Waals surface area contributed by atoms with Crippen molar-refractivity contribution in [3.05, 3.63) is 66.0 Å². The van der Waals surface area contributed by atoms with Crippen LogP contribution in [0.2, 0.25) is 0 Å². The number of piperidine rings is 1.